The second-order valence-electron chi connectivity index (χ2n) is 7.98. The molecule has 7 nitrogen and oxygen atoms in total. The van der Waals surface area contributed by atoms with E-state index in [4.69, 9.17) is 32.7 Å². The Balaban J connectivity index is 1.92. The first-order valence-corrected chi connectivity index (χ1v) is 11.8. The molecule has 4 rings (SSSR count). The van der Waals surface area contributed by atoms with E-state index in [0.717, 1.165) is 17.7 Å². The molecule has 0 aliphatic carbocycles. The Morgan fingerprint density at radius 2 is 1.53 bits per heavy atom. The van der Waals surface area contributed by atoms with Crippen molar-refractivity contribution in [2.75, 3.05) is 20.3 Å². The molecule has 0 bridgehead atoms. The third kappa shape index (κ3) is 4.31. The highest BCUT2D eigenvalue weighted by Gasteiger charge is 2.36. The van der Waals surface area contributed by atoms with Gasteiger partial charge in [-0.25, -0.2) is 0 Å². The van der Waals surface area contributed by atoms with Crippen molar-refractivity contribution in [3.63, 3.8) is 0 Å². The molecule has 9 heteroatoms. The molecule has 0 saturated carbocycles. The lowest BCUT2D eigenvalue weighted by molar-refractivity contribution is 0.0636. The van der Waals surface area contributed by atoms with Gasteiger partial charge in [0.2, 0.25) is 0 Å². The van der Waals surface area contributed by atoms with E-state index in [1.807, 2.05) is 6.92 Å². The van der Waals surface area contributed by atoms with Crippen molar-refractivity contribution in [3.8, 4) is 5.75 Å². The SMILES string of the molecule is CCCCOc1c(CN2C(=O)c3ccccc3C2=O)n(CCOC)c(=O)c2cc(Cl)c(Cl)cc12. The molecule has 2 aromatic carbocycles. The summed E-state index contributed by atoms with van der Waals surface area (Å²) in [6, 6.07) is 9.77. The molecule has 0 N–H and O–H groups in total. The summed E-state index contributed by atoms with van der Waals surface area (Å²) >= 11 is 12.5. The summed E-state index contributed by atoms with van der Waals surface area (Å²) < 4.78 is 12.9. The normalized spacial score (nSPS) is 13.1. The van der Waals surface area contributed by atoms with Crippen molar-refractivity contribution in [1.29, 1.82) is 0 Å². The Labute approximate surface area is 206 Å². The molecule has 2 amide bonds. The molecule has 0 radical (unpaired) electrons. The summed E-state index contributed by atoms with van der Waals surface area (Å²) in [6.07, 6.45) is 1.69. The fraction of sp³-hybridized carbons (Fsp3) is 0.320. The molecule has 1 aliphatic heterocycles. The molecule has 0 spiro atoms. The van der Waals surface area contributed by atoms with Gasteiger partial charge in [-0.1, -0.05) is 48.7 Å². The number of ether oxygens (including phenoxy) is 2. The van der Waals surface area contributed by atoms with E-state index >= 15 is 0 Å². The van der Waals surface area contributed by atoms with E-state index in [9.17, 15) is 14.4 Å². The number of imide groups is 1. The monoisotopic (exact) mass is 502 g/mol. The number of amides is 2. The van der Waals surface area contributed by atoms with Gasteiger partial charge in [0.05, 0.1) is 52.0 Å². The molecule has 34 heavy (non-hydrogen) atoms. The summed E-state index contributed by atoms with van der Waals surface area (Å²) in [7, 11) is 1.53. The highest BCUT2D eigenvalue weighted by atomic mass is 35.5. The molecule has 0 unspecified atom stereocenters. The van der Waals surface area contributed by atoms with Gasteiger partial charge in [0, 0.05) is 19.0 Å². The number of benzene rings is 2. The predicted molar refractivity (Wildman–Crippen MR) is 131 cm³/mol. The lowest BCUT2D eigenvalue weighted by Gasteiger charge is -2.23. The molecular formula is C25H24Cl2N2O5. The van der Waals surface area contributed by atoms with Crippen LogP contribution < -0.4 is 10.3 Å². The lowest BCUT2D eigenvalue weighted by atomic mass is 10.1. The van der Waals surface area contributed by atoms with Crippen molar-refractivity contribution in [3.05, 3.63) is 73.6 Å². The second-order valence-corrected chi connectivity index (χ2v) is 8.80. The molecule has 0 saturated heterocycles. The molecule has 178 valence electrons. The maximum atomic E-state index is 13.5. The number of aromatic nitrogens is 1. The molecule has 3 aromatic rings. The minimum Gasteiger partial charge on any atom is -0.491 e. The average Bonchev–Trinajstić information content (AvgIpc) is 3.07. The van der Waals surface area contributed by atoms with Crippen LogP contribution in [-0.4, -0.2) is 41.6 Å². The van der Waals surface area contributed by atoms with Crippen molar-refractivity contribution >= 4 is 45.8 Å². The standard InChI is InChI=1S/C25H24Cl2N2O5/c1-3-4-10-34-22-17-12-19(26)20(27)13-18(17)25(32)28(9-11-33-2)21(22)14-29-23(30)15-7-5-6-8-16(15)24(29)31/h5-8,12-13H,3-4,9-11,14H2,1-2H3. The van der Waals surface area contributed by atoms with E-state index in [2.05, 4.69) is 0 Å². The zero-order chi connectivity index (χ0) is 24.4. The Hall–Kier alpha value is -2.87. The highest BCUT2D eigenvalue weighted by molar-refractivity contribution is 6.42. The van der Waals surface area contributed by atoms with Gasteiger partial charge in [-0.05, 0) is 30.7 Å². The van der Waals surface area contributed by atoms with Gasteiger partial charge in [0.15, 0.2) is 0 Å². The average molecular weight is 503 g/mol. The van der Waals surface area contributed by atoms with Crippen LogP contribution in [0.5, 0.6) is 5.75 Å². The van der Waals surface area contributed by atoms with Crippen molar-refractivity contribution in [1.82, 2.24) is 9.47 Å². The number of rotatable bonds is 9. The van der Waals surface area contributed by atoms with E-state index < -0.39 is 11.8 Å². The first-order valence-electron chi connectivity index (χ1n) is 11.0. The number of nitrogens with zero attached hydrogens (tertiary/aromatic N) is 2. The summed E-state index contributed by atoms with van der Waals surface area (Å²) in [6.45, 7) is 2.74. The van der Waals surface area contributed by atoms with Crippen molar-refractivity contribution in [2.45, 2.75) is 32.9 Å². The largest absolute Gasteiger partial charge is 0.491 e. The Morgan fingerprint density at radius 1 is 0.912 bits per heavy atom. The smallest absolute Gasteiger partial charge is 0.261 e. The Morgan fingerprint density at radius 3 is 2.12 bits per heavy atom. The molecule has 1 aliphatic rings. The van der Waals surface area contributed by atoms with Gasteiger partial charge in [-0.2, -0.15) is 0 Å². The van der Waals surface area contributed by atoms with Crippen LogP contribution in [0.1, 0.15) is 46.2 Å². The van der Waals surface area contributed by atoms with Crippen LogP contribution in [0.25, 0.3) is 10.8 Å². The van der Waals surface area contributed by atoms with Crippen molar-refractivity contribution < 1.29 is 19.1 Å². The minimum atomic E-state index is -0.417. The number of fused-ring (bicyclic) bond motifs is 2. The minimum absolute atomic E-state index is 0.136. The molecule has 0 fully saturated rings. The van der Waals surface area contributed by atoms with Gasteiger partial charge in [0.25, 0.3) is 17.4 Å². The van der Waals surface area contributed by atoms with E-state index in [0.29, 0.717) is 39.9 Å². The number of hydrogen-bond donors (Lipinski definition) is 0. The first kappa shape index (κ1) is 24.3. The molecule has 0 atom stereocenters. The van der Waals surface area contributed by atoms with Crippen LogP contribution >= 0.6 is 23.2 Å². The summed E-state index contributed by atoms with van der Waals surface area (Å²) in [4.78, 5) is 40.8. The van der Waals surface area contributed by atoms with Gasteiger partial charge < -0.3 is 14.0 Å². The highest BCUT2D eigenvalue weighted by Crippen LogP contribution is 2.36. The van der Waals surface area contributed by atoms with Crippen LogP contribution in [0.3, 0.4) is 0 Å². The molecule has 1 aromatic heterocycles. The first-order chi connectivity index (χ1) is 16.4. The Bertz CT molecular complexity index is 1300. The third-order valence-corrected chi connectivity index (χ3v) is 6.54. The van der Waals surface area contributed by atoms with Crippen molar-refractivity contribution in [2.24, 2.45) is 0 Å². The lowest BCUT2D eigenvalue weighted by Crippen LogP contribution is -2.34. The summed E-state index contributed by atoms with van der Waals surface area (Å²) in [5, 5.41) is 1.34. The van der Waals surface area contributed by atoms with Gasteiger partial charge in [-0.3, -0.25) is 19.3 Å². The zero-order valence-electron chi connectivity index (χ0n) is 18.9. The number of pyridine rings is 1. The van der Waals surface area contributed by atoms with Gasteiger partial charge >= 0.3 is 0 Å². The number of methoxy groups -OCH3 is 1. The fourth-order valence-electron chi connectivity index (χ4n) is 4.05. The number of unbranched alkanes of at least 4 members (excludes halogenated alkanes) is 1. The van der Waals surface area contributed by atoms with Crippen LogP contribution in [0.4, 0.5) is 0 Å². The van der Waals surface area contributed by atoms with Crippen LogP contribution in [0, 0.1) is 0 Å². The number of carbonyl (C=O) groups is 2. The van der Waals surface area contributed by atoms with E-state index in [1.165, 1.54) is 17.7 Å². The topological polar surface area (TPSA) is 77.8 Å². The van der Waals surface area contributed by atoms with E-state index in [1.54, 1.807) is 30.3 Å². The quantitative estimate of drug-likeness (QED) is 0.306. The summed E-state index contributed by atoms with van der Waals surface area (Å²) in [5.41, 5.74) is 0.739. The predicted octanol–water partition coefficient (Wildman–Crippen LogP) is 4.93. The molecular weight excluding hydrogens is 479 g/mol. The number of hydrogen-bond acceptors (Lipinski definition) is 5. The maximum Gasteiger partial charge on any atom is 0.261 e. The third-order valence-electron chi connectivity index (χ3n) is 5.82. The van der Waals surface area contributed by atoms with Crippen LogP contribution in [0.2, 0.25) is 10.0 Å². The maximum absolute atomic E-state index is 13.5. The second kappa shape index (κ2) is 10.2. The van der Waals surface area contributed by atoms with Gasteiger partial charge in [0.1, 0.15) is 5.75 Å². The van der Waals surface area contributed by atoms with Crippen LogP contribution in [-0.2, 0) is 17.8 Å². The number of carbonyl (C=O) groups excluding carboxylic acids is 2. The summed E-state index contributed by atoms with van der Waals surface area (Å²) in [5.74, 6) is -0.436. The fourth-order valence-corrected chi connectivity index (χ4v) is 4.37. The van der Waals surface area contributed by atoms with Gasteiger partial charge in [-0.15, -0.1) is 0 Å². The van der Waals surface area contributed by atoms with Crippen LogP contribution in [0.15, 0.2) is 41.2 Å². The zero-order valence-corrected chi connectivity index (χ0v) is 20.4. The molecule has 2 heterocycles. The number of halogens is 2. The van der Waals surface area contributed by atoms with E-state index in [-0.39, 0.29) is 35.3 Å². The Kier molecular flexibility index (Phi) is 7.26.